The van der Waals surface area contributed by atoms with Gasteiger partial charge in [0.05, 0.1) is 11.3 Å². The number of pyridine rings is 1. The van der Waals surface area contributed by atoms with Gasteiger partial charge in [-0.25, -0.2) is 0 Å². The second kappa shape index (κ2) is 9.01. The van der Waals surface area contributed by atoms with Crippen LogP contribution in [0.25, 0.3) is 0 Å². The highest BCUT2D eigenvalue weighted by Crippen LogP contribution is 2.29. The highest BCUT2D eigenvalue weighted by molar-refractivity contribution is 8.00. The van der Waals surface area contributed by atoms with Crippen LogP contribution in [0.4, 0.5) is 5.69 Å². The Morgan fingerprint density at radius 1 is 1.30 bits per heavy atom. The minimum absolute atomic E-state index is 0.00476. The van der Waals surface area contributed by atoms with Crippen molar-refractivity contribution in [3.8, 4) is 0 Å². The molecule has 2 unspecified atom stereocenters. The number of hydrogen-bond acceptors (Lipinski definition) is 5. The normalized spacial score (nSPS) is 18.0. The maximum atomic E-state index is 13.1. The lowest BCUT2D eigenvalue weighted by molar-refractivity contribution is -0.133. The van der Waals surface area contributed by atoms with Gasteiger partial charge in [-0.2, -0.15) is 0 Å². The lowest BCUT2D eigenvalue weighted by atomic mass is 10.0. The van der Waals surface area contributed by atoms with Crippen molar-refractivity contribution < 1.29 is 9.59 Å². The van der Waals surface area contributed by atoms with Crippen molar-refractivity contribution >= 4 is 29.3 Å². The molecule has 2 atom stereocenters. The molecule has 0 radical (unpaired) electrons. The zero-order chi connectivity index (χ0) is 19.2. The summed E-state index contributed by atoms with van der Waals surface area (Å²) in [4.78, 5) is 31.4. The smallest absolute Gasteiger partial charge is 0.236 e. The maximum Gasteiger partial charge on any atom is 0.236 e. The standard InChI is InChI=1S/C20H24N4O2S/c1-14(27-18-7-5-17(6-8-18)23-15(2)25)20(26)24-11-10-22-13-19(24)16-4-3-9-21-12-16/h3-9,12,14,19,22H,10-11,13H2,1-2H3,(H,23,25). The highest BCUT2D eigenvalue weighted by Gasteiger charge is 2.31. The van der Waals surface area contributed by atoms with Gasteiger partial charge in [0.15, 0.2) is 0 Å². The van der Waals surface area contributed by atoms with Crippen molar-refractivity contribution in [2.75, 3.05) is 25.0 Å². The van der Waals surface area contributed by atoms with E-state index in [2.05, 4.69) is 15.6 Å². The Morgan fingerprint density at radius 3 is 2.74 bits per heavy atom. The van der Waals surface area contributed by atoms with Crippen LogP contribution in [0.3, 0.4) is 0 Å². The zero-order valence-corrected chi connectivity index (χ0v) is 16.3. The van der Waals surface area contributed by atoms with Gasteiger partial charge in [0.1, 0.15) is 0 Å². The number of carbonyl (C=O) groups excluding carboxylic acids is 2. The molecule has 1 fully saturated rings. The minimum Gasteiger partial charge on any atom is -0.332 e. The summed E-state index contributed by atoms with van der Waals surface area (Å²) in [5, 5.41) is 5.91. The van der Waals surface area contributed by atoms with Gasteiger partial charge in [0.25, 0.3) is 0 Å². The Kier molecular flexibility index (Phi) is 6.47. The van der Waals surface area contributed by atoms with E-state index in [9.17, 15) is 9.59 Å². The number of nitrogens with zero attached hydrogens (tertiary/aromatic N) is 2. The van der Waals surface area contributed by atoms with Crippen LogP contribution in [0.1, 0.15) is 25.5 Å². The fourth-order valence-corrected chi connectivity index (χ4v) is 4.08. The summed E-state index contributed by atoms with van der Waals surface area (Å²) in [5.41, 5.74) is 1.81. The molecule has 7 heteroatoms. The van der Waals surface area contributed by atoms with Crippen molar-refractivity contribution in [1.82, 2.24) is 15.2 Å². The van der Waals surface area contributed by atoms with E-state index in [0.29, 0.717) is 6.54 Å². The molecule has 2 heterocycles. The molecule has 2 aromatic rings. The number of aromatic nitrogens is 1. The quantitative estimate of drug-likeness (QED) is 0.776. The van der Waals surface area contributed by atoms with Gasteiger partial charge in [0, 0.05) is 49.5 Å². The molecule has 1 aliphatic rings. The lowest BCUT2D eigenvalue weighted by Crippen LogP contribution is -2.50. The Balaban J connectivity index is 1.67. The van der Waals surface area contributed by atoms with Crippen LogP contribution in [-0.2, 0) is 9.59 Å². The average molecular weight is 385 g/mol. The minimum atomic E-state index is -0.200. The van der Waals surface area contributed by atoms with Crippen LogP contribution in [0.15, 0.2) is 53.7 Å². The van der Waals surface area contributed by atoms with Gasteiger partial charge < -0.3 is 15.5 Å². The second-order valence-corrected chi connectivity index (χ2v) is 7.92. The molecule has 2 amide bonds. The van der Waals surface area contributed by atoms with Gasteiger partial charge in [-0.15, -0.1) is 11.8 Å². The molecule has 0 spiro atoms. The van der Waals surface area contributed by atoms with Gasteiger partial charge in [-0.1, -0.05) is 6.07 Å². The van der Waals surface area contributed by atoms with Crippen LogP contribution in [0, 0.1) is 0 Å². The van der Waals surface area contributed by atoms with Crippen LogP contribution in [-0.4, -0.2) is 46.6 Å². The first kappa shape index (κ1) is 19.4. The van der Waals surface area contributed by atoms with Gasteiger partial charge >= 0.3 is 0 Å². The number of piperazine rings is 1. The summed E-state index contributed by atoms with van der Waals surface area (Å²) in [6.45, 7) is 5.64. The summed E-state index contributed by atoms with van der Waals surface area (Å²) < 4.78 is 0. The first-order valence-electron chi connectivity index (χ1n) is 9.00. The van der Waals surface area contributed by atoms with E-state index in [4.69, 9.17) is 0 Å². The molecule has 142 valence electrons. The topological polar surface area (TPSA) is 74.3 Å². The van der Waals surface area contributed by atoms with E-state index in [0.717, 1.165) is 29.2 Å². The van der Waals surface area contributed by atoms with Crippen molar-refractivity contribution in [3.05, 3.63) is 54.4 Å². The highest BCUT2D eigenvalue weighted by atomic mass is 32.2. The van der Waals surface area contributed by atoms with E-state index >= 15 is 0 Å². The lowest BCUT2D eigenvalue weighted by Gasteiger charge is -2.37. The fourth-order valence-electron chi connectivity index (χ4n) is 3.15. The van der Waals surface area contributed by atoms with E-state index in [1.165, 1.54) is 18.7 Å². The molecule has 1 aromatic heterocycles. The molecule has 1 saturated heterocycles. The van der Waals surface area contributed by atoms with Crippen molar-refractivity contribution in [3.63, 3.8) is 0 Å². The van der Waals surface area contributed by atoms with E-state index in [1.807, 2.05) is 54.4 Å². The van der Waals surface area contributed by atoms with E-state index in [-0.39, 0.29) is 23.1 Å². The fraction of sp³-hybridized carbons (Fsp3) is 0.350. The van der Waals surface area contributed by atoms with E-state index < -0.39 is 0 Å². The monoisotopic (exact) mass is 384 g/mol. The summed E-state index contributed by atoms with van der Waals surface area (Å²) >= 11 is 1.53. The SMILES string of the molecule is CC(=O)Nc1ccc(SC(C)C(=O)N2CCNCC2c2cccnc2)cc1. The maximum absolute atomic E-state index is 13.1. The summed E-state index contributed by atoms with van der Waals surface area (Å²) in [7, 11) is 0. The average Bonchev–Trinajstić information content (AvgIpc) is 2.69. The molecule has 1 aliphatic heterocycles. The van der Waals surface area contributed by atoms with Crippen molar-refractivity contribution in [2.45, 2.75) is 30.0 Å². The predicted molar refractivity (Wildman–Crippen MR) is 108 cm³/mol. The summed E-state index contributed by atoms with van der Waals surface area (Å²) in [6.07, 6.45) is 3.57. The third kappa shape index (κ3) is 5.08. The molecule has 1 aromatic carbocycles. The summed E-state index contributed by atoms with van der Waals surface area (Å²) in [6, 6.07) is 11.5. The van der Waals surface area contributed by atoms with Crippen molar-refractivity contribution in [2.24, 2.45) is 0 Å². The largest absolute Gasteiger partial charge is 0.332 e. The van der Waals surface area contributed by atoms with Crippen molar-refractivity contribution in [1.29, 1.82) is 0 Å². The first-order valence-corrected chi connectivity index (χ1v) is 9.88. The molecule has 0 aliphatic carbocycles. The number of nitrogens with one attached hydrogen (secondary N) is 2. The Morgan fingerprint density at radius 2 is 2.07 bits per heavy atom. The second-order valence-electron chi connectivity index (χ2n) is 6.50. The third-order valence-corrected chi connectivity index (χ3v) is 5.53. The Bertz CT molecular complexity index is 782. The van der Waals surface area contributed by atoms with Gasteiger partial charge in [-0.3, -0.25) is 14.6 Å². The molecule has 2 N–H and O–H groups in total. The number of thioether (sulfide) groups is 1. The number of benzene rings is 1. The number of rotatable bonds is 5. The van der Waals surface area contributed by atoms with Crippen LogP contribution >= 0.6 is 11.8 Å². The van der Waals surface area contributed by atoms with E-state index in [1.54, 1.807) is 6.20 Å². The third-order valence-electron chi connectivity index (χ3n) is 4.43. The molecular weight excluding hydrogens is 360 g/mol. The molecule has 27 heavy (non-hydrogen) atoms. The number of hydrogen-bond donors (Lipinski definition) is 2. The first-order chi connectivity index (χ1) is 13.0. The number of anilines is 1. The molecule has 3 rings (SSSR count). The number of amides is 2. The Labute approximate surface area is 163 Å². The van der Waals surface area contributed by atoms with Gasteiger partial charge in [-0.05, 0) is 42.8 Å². The number of carbonyl (C=O) groups is 2. The van der Waals surface area contributed by atoms with Gasteiger partial charge in [0.2, 0.25) is 11.8 Å². The molecule has 6 nitrogen and oxygen atoms in total. The molecular formula is C20H24N4O2S. The Hall–Kier alpha value is -2.38. The van der Waals surface area contributed by atoms with Crippen LogP contribution < -0.4 is 10.6 Å². The van der Waals surface area contributed by atoms with Crippen LogP contribution in [0.2, 0.25) is 0 Å². The summed E-state index contributed by atoms with van der Waals surface area (Å²) in [5.74, 6) is 0.0281. The molecule has 0 saturated carbocycles. The predicted octanol–water partition coefficient (Wildman–Crippen LogP) is 2.69. The van der Waals surface area contributed by atoms with Crippen LogP contribution in [0.5, 0.6) is 0 Å². The zero-order valence-electron chi connectivity index (χ0n) is 15.5. The molecule has 0 bridgehead atoms.